The number of hydrogen-bond acceptors (Lipinski definition) is 6. The summed E-state index contributed by atoms with van der Waals surface area (Å²) in [5.41, 5.74) is -0.810. The fourth-order valence-corrected chi connectivity index (χ4v) is 5.12. The second-order valence-corrected chi connectivity index (χ2v) is 12.4. The normalized spacial score (nSPS) is 12.5. The first-order valence-electron chi connectivity index (χ1n) is 12.0. The first-order chi connectivity index (χ1) is 18.1. The van der Waals surface area contributed by atoms with Crippen molar-refractivity contribution in [2.45, 2.75) is 57.3 Å². The molecular weight excluding hydrogens is 557 g/mol. The van der Waals surface area contributed by atoms with Crippen LogP contribution in [0.25, 0.3) is 0 Å². The van der Waals surface area contributed by atoms with E-state index >= 15 is 0 Å². The van der Waals surface area contributed by atoms with Crippen LogP contribution in [0.3, 0.4) is 0 Å². The standard InChI is InChI=1S/C26H30ClF3N4O4S/c1-6-39(36,37)20-10-9-19(31-13-20)12-32-23(35)22-16(2)34(24(33-22)25(3,4)15-38-5)14-17-7-8-18(27)11-21(17)26(28,29)30/h7-11,13H,6,12,14-15H2,1-5H3,(H,32,35). The lowest BCUT2D eigenvalue weighted by Gasteiger charge is -2.25. The molecule has 0 aliphatic carbocycles. The van der Waals surface area contributed by atoms with Gasteiger partial charge in [0.25, 0.3) is 5.91 Å². The van der Waals surface area contributed by atoms with Crippen LogP contribution < -0.4 is 5.32 Å². The molecule has 0 bridgehead atoms. The largest absolute Gasteiger partial charge is 0.416 e. The summed E-state index contributed by atoms with van der Waals surface area (Å²) in [6, 6.07) is 6.49. The highest BCUT2D eigenvalue weighted by molar-refractivity contribution is 7.91. The first-order valence-corrected chi connectivity index (χ1v) is 14.0. The quantitative estimate of drug-likeness (QED) is 0.360. The third-order valence-corrected chi connectivity index (χ3v) is 8.17. The van der Waals surface area contributed by atoms with Crippen LogP contribution in [0.5, 0.6) is 0 Å². The molecule has 0 fully saturated rings. The van der Waals surface area contributed by atoms with E-state index in [1.165, 1.54) is 44.5 Å². The number of pyridine rings is 1. The molecule has 2 heterocycles. The fourth-order valence-electron chi connectivity index (χ4n) is 4.13. The van der Waals surface area contributed by atoms with Crippen LogP contribution in [-0.4, -0.2) is 48.3 Å². The second-order valence-electron chi connectivity index (χ2n) is 9.64. The van der Waals surface area contributed by atoms with Crippen LogP contribution >= 0.6 is 11.6 Å². The number of nitrogens with zero attached hydrogens (tertiary/aromatic N) is 3. The molecule has 0 aliphatic rings. The molecule has 39 heavy (non-hydrogen) atoms. The maximum atomic E-state index is 13.8. The zero-order valence-corrected chi connectivity index (χ0v) is 23.8. The Morgan fingerprint density at radius 3 is 2.44 bits per heavy atom. The van der Waals surface area contributed by atoms with Gasteiger partial charge in [0.1, 0.15) is 11.5 Å². The molecule has 0 radical (unpaired) electrons. The van der Waals surface area contributed by atoms with Gasteiger partial charge in [-0.3, -0.25) is 9.78 Å². The molecule has 1 aromatic carbocycles. The predicted molar refractivity (Wildman–Crippen MR) is 141 cm³/mol. The van der Waals surface area contributed by atoms with E-state index in [0.717, 1.165) is 6.07 Å². The summed E-state index contributed by atoms with van der Waals surface area (Å²) in [5.74, 6) is -0.239. The van der Waals surface area contributed by atoms with E-state index < -0.39 is 32.9 Å². The van der Waals surface area contributed by atoms with Gasteiger partial charge in [-0.2, -0.15) is 13.2 Å². The van der Waals surface area contributed by atoms with Crippen molar-refractivity contribution in [3.8, 4) is 0 Å². The zero-order chi connectivity index (χ0) is 29.2. The average Bonchev–Trinajstić information content (AvgIpc) is 3.20. The smallest absolute Gasteiger partial charge is 0.384 e. The number of nitrogens with one attached hydrogen (secondary N) is 1. The van der Waals surface area contributed by atoms with Crippen LogP contribution in [0.1, 0.15) is 59.6 Å². The number of benzene rings is 1. The Bertz CT molecular complexity index is 1450. The monoisotopic (exact) mass is 586 g/mol. The van der Waals surface area contributed by atoms with Crippen molar-refractivity contribution in [1.82, 2.24) is 19.9 Å². The number of imidazole rings is 1. The summed E-state index contributed by atoms with van der Waals surface area (Å²) in [5, 5.41) is 2.66. The minimum Gasteiger partial charge on any atom is -0.384 e. The Hall–Kier alpha value is -2.96. The molecule has 1 amide bonds. The molecule has 0 saturated carbocycles. The molecule has 8 nitrogen and oxygen atoms in total. The van der Waals surface area contributed by atoms with Crippen LogP contribution in [0, 0.1) is 6.92 Å². The molecule has 0 saturated heterocycles. The van der Waals surface area contributed by atoms with Gasteiger partial charge in [0.05, 0.1) is 35.1 Å². The van der Waals surface area contributed by atoms with Crippen molar-refractivity contribution in [2.24, 2.45) is 0 Å². The second kappa shape index (κ2) is 11.6. The van der Waals surface area contributed by atoms with Crippen molar-refractivity contribution in [3.05, 3.63) is 75.6 Å². The number of carbonyl (C=O) groups is 1. The van der Waals surface area contributed by atoms with Gasteiger partial charge < -0.3 is 14.6 Å². The van der Waals surface area contributed by atoms with Gasteiger partial charge in [-0.15, -0.1) is 0 Å². The lowest BCUT2D eigenvalue weighted by molar-refractivity contribution is -0.138. The van der Waals surface area contributed by atoms with Crippen LogP contribution in [0.15, 0.2) is 41.4 Å². The summed E-state index contributed by atoms with van der Waals surface area (Å²) in [6.07, 6.45) is -3.40. The van der Waals surface area contributed by atoms with Gasteiger partial charge in [0, 0.05) is 36.0 Å². The molecule has 3 rings (SSSR count). The van der Waals surface area contributed by atoms with E-state index in [-0.39, 0.29) is 46.6 Å². The number of halogens is 4. The highest BCUT2D eigenvalue weighted by Crippen LogP contribution is 2.35. The molecule has 0 atom stereocenters. The van der Waals surface area contributed by atoms with E-state index in [0.29, 0.717) is 17.2 Å². The third-order valence-electron chi connectivity index (χ3n) is 6.22. The maximum absolute atomic E-state index is 13.8. The molecule has 0 unspecified atom stereocenters. The van der Waals surface area contributed by atoms with Gasteiger partial charge in [0.15, 0.2) is 9.84 Å². The number of methoxy groups -OCH3 is 1. The highest BCUT2D eigenvalue weighted by atomic mass is 35.5. The van der Waals surface area contributed by atoms with E-state index in [4.69, 9.17) is 16.3 Å². The lowest BCUT2D eigenvalue weighted by Crippen LogP contribution is -2.29. The minimum atomic E-state index is -4.63. The Morgan fingerprint density at radius 1 is 1.18 bits per heavy atom. The van der Waals surface area contributed by atoms with Crippen LogP contribution in [0.2, 0.25) is 5.02 Å². The Morgan fingerprint density at radius 2 is 1.87 bits per heavy atom. The number of amides is 1. The average molecular weight is 587 g/mol. The van der Waals surface area contributed by atoms with Crippen molar-refractivity contribution in [2.75, 3.05) is 19.5 Å². The van der Waals surface area contributed by atoms with Gasteiger partial charge in [0.2, 0.25) is 0 Å². The molecule has 3 aromatic rings. The van der Waals surface area contributed by atoms with Crippen molar-refractivity contribution < 1.29 is 31.1 Å². The van der Waals surface area contributed by atoms with Gasteiger partial charge >= 0.3 is 6.18 Å². The van der Waals surface area contributed by atoms with Crippen LogP contribution in [0.4, 0.5) is 13.2 Å². The van der Waals surface area contributed by atoms with Crippen molar-refractivity contribution in [3.63, 3.8) is 0 Å². The SMILES string of the molecule is CCS(=O)(=O)c1ccc(CNC(=O)c2nc(C(C)(C)COC)n(Cc3ccc(Cl)cc3C(F)(F)F)c2C)nc1. The lowest BCUT2D eigenvalue weighted by atomic mass is 9.93. The zero-order valence-electron chi connectivity index (χ0n) is 22.2. The molecule has 1 N–H and O–H groups in total. The summed E-state index contributed by atoms with van der Waals surface area (Å²) in [4.78, 5) is 21.9. The topological polar surface area (TPSA) is 103 Å². The number of aromatic nitrogens is 3. The van der Waals surface area contributed by atoms with E-state index in [9.17, 15) is 26.4 Å². The summed E-state index contributed by atoms with van der Waals surface area (Å²) in [6.45, 7) is 6.77. The van der Waals surface area contributed by atoms with Crippen LogP contribution in [-0.2, 0) is 39.3 Å². The summed E-state index contributed by atoms with van der Waals surface area (Å²) < 4.78 is 72.2. The number of sulfone groups is 1. The Kier molecular flexibility index (Phi) is 9.13. The fraction of sp³-hybridized carbons (Fsp3) is 0.423. The number of carbonyl (C=O) groups excluding carboxylic acids is 1. The van der Waals surface area contributed by atoms with Crippen molar-refractivity contribution >= 4 is 27.3 Å². The molecular formula is C26H30ClF3N4O4S. The molecule has 0 aliphatic heterocycles. The Labute approximate surface area is 230 Å². The summed E-state index contributed by atoms with van der Waals surface area (Å²) in [7, 11) is -1.91. The molecule has 13 heteroatoms. The summed E-state index contributed by atoms with van der Waals surface area (Å²) >= 11 is 5.85. The van der Waals surface area contributed by atoms with Crippen molar-refractivity contribution in [1.29, 1.82) is 0 Å². The number of rotatable bonds is 10. The van der Waals surface area contributed by atoms with Gasteiger partial charge in [-0.05, 0) is 36.8 Å². The highest BCUT2D eigenvalue weighted by Gasteiger charge is 2.35. The van der Waals surface area contributed by atoms with Gasteiger partial charge in [-0.1, -0.05) is 38.4 Å². The Balaban J connectivity index is 1.95. The number of alkyl halides is 3. The van der Waals surface area contributed by atoms with E-state index in [2.05, 4.69) is 15.3 Å². The number of hydrogen-bond donors (Lipinski definition) is 1. The minimum absolute atomic E-state index is 0.0101. The predicted octanol–water partition coefficient (Wildman–Crippen LogP) is 4.95. The maximum Gasteiger partial charge on any atom is 0.416 e. The molecule has 0 spiro atoms. The molecule has 212 valence electrons. The molecule has 2 aromatic heterocycles. The number of ether oxygens (including phenoxy) is 1. The third kappa shape index (κ3) is 6.98. The first kappa shape index (κ1) is 30.6. The van der Waals surface area contributed by atoms with E-state index in [1.807, 2.05) is 13.8 Å². The van der Waals surface area contributed by atoms with E-state index in [1.54, 1.807) is 11.5 Å². The van der Waals surface area contributed by atoms with Gasteiger partial charge in [-0.25, -0.2) is 13.4 Å².